The molecule has 0 saturated heterocycles. The highest BCUT2D eigenvalue weighted by atomic mass is 35.5. The van der Waals surface area contributed by atoms with Gasteiger partial charge in [-0.3, -0.25) is 0 Å². The fourth-order valence-corrected chi connectivity index (χ4v) is 0.809. The van der Waals surface area contributed by atoms with E-state index in [0.29, 0.717) is 24.7 Å². The third-order valence-electron chi connectivity index (χ3n) is 1.36. The lowest BCUT2D eigenvalue weighted by Gasteiger charge is -1.91. The fraction of sp³-hybridized carbons (Fsp3) is 0.714. The van der Waals surface area contributed by atoms with Crippen LogP contribution in [0.15, 0.2) is 4.52 Å². The van der Waals surface area contributed by atoms with E-state index in [1.807, 2.05) is 0 Å². The molecule has 0 amide bonds. The van der Waals surface area contributed by atoms with Crippen LogP contribution in [0.2, 0.25) is 0 Å². The van der Waals surface area contributed by atoms with E-state index < -0.39 is 0 Å². The summed E-state index contributed by atoms with van der Waals surface area (Å²) >= 11 is 5.73. The Kier molecular flexibility index (Phi) is 3.49. The maximum Gasteiger partial charge on any atom is 0.229 e. The highest BCUT2D eigenvalue weighted by molar-refractivity contribution is 6.20. The second-order valence-corrected chi connectivity index (χ2v) is 3.06. The second-order valence-electron chi connectivity index (χ2n) is 2.41. The van der Waals surface area contributed by atoms with Gasteiger partial charge in [0.1, 0.15) is 0 Å². The van der Waals surface area contributed by atoms with Crippen molar-refractivity contribution in [2.45, 2.75) is 18.7 Å². The van der Waals surface area contributed by atoms with Crippen LogP contribution < -0.4 is 0 Å². The zero-order chi connectivity index (χ0) is 8.97. The van der Waals surface area contributed by atoms with Crippen molar-refractivity contribution >= 4 is 11.6 Å². The van der Waals surface area contributed by atoms with Crippen LogP contribution in [0.1, 0.15) is 24.0 Å². The van der Waals surface area contributed by atoms with Crippen molar-refractivity contribution in [1.82, 2.24) is 10.1 Å². The van der Waals surface area contributed by atoms with Gasteiger partial charge < -0.3 is 9.26 Å². The Morgan fingerprint density at radius 1 is 1.67 bits per heavy atom. The van der Waals surface area contributed by atoms with Crippen molar-refractivity contribution in [2.75, 3.05) is 13.7 Å². The lowest BCUT2D eigenvalue weighted by Crippen LogP contribution is -1.95. The van der Waals surface area contributed by atoms with Gasteiger partial charge in [-0.15, -0.1) is 11.6 Å². The van der Waals surface area contributed by atoms with Crippen LogP contribution in [0.3, 0.4) is 0 Å². The molecule has 1 aromatic heterocycles. The highest BCUT2D eigenvalue weighted by Crippen LogP contribution is 2.15. The van der Waals surface area contributed by atoms with Gasteiger partial charge in [0, 0.05) is 7.11 Å². The molecule has 1 heterocycles. The third-order valence-corrected chi connectivity index (χ3v) is 1.55. The highest BCUT2D eigenvalue weighted by Gasteiger charge is 2.10. The molecule has 0 radical (unpaired) electrons. The molecule has 0 saturated carbocycles. The first kappa shape index (κ1) is 9.48. The molecule has 5 heteroatoms. The third kappa shape index (κ3) is 2.46. The quantitative estimate of drug-likeness (QED) is 0.676. The molecule has 1 unspecified atom stereocenters. The zero-order valence-electron chi connectivity index (χ0n) is 7.08. The number of ether oxygens (including phenoxy) is 1. The number of nitrogens with zero attached hydrogens (tertiary/aromatic N) is 2. The molecule has 1 aromatic rings. The van der Waals surface area contributed by atoms with Crippen molar-refractivity contribution in [1.29, 1.82) is 0 Å². The first-order chi connectivity index (χ1) is 5.74. The van der Waals surface area contributed by atoms with Crippen molar-refractivity contribution in [3.8, 4) is 0 Å². The van der Waals surface area contributed by atoms with Gasteiger partial charge in [0.2, 0.25) is 5.89 Å². The van der Waals surface area contributed by atoms with E-state index in [1.165, 1.54) is 0 Å². The Balaban J connectivity index is 2.52. The summed E-state index contributed by atoms with van der Waals surface area (Å²) in [6.07, 6.45) is 0.632. The number of alkyl halides is 1. The Bertz CT molecular complexity index is 237. The summed E-state index contributed by atoms with van der Waals surface area (Å²) in [6.45, 7) is 2.38. The first-order valence-corrected chi connectivity index (χ1v) is 4.13. The average Bonchev–Trinajstić information content (AvgIpc) is 2.48. The summed E-state index contributed by atoms with van der Waals surface area (Å²) in [5.74, 6) is 1.10. The fourth-order valence-electron chi connectivity index (χ4n) is 0.721. The minimum Gasteiger partial charge on any atom is -0.384 e. The molecule has 0 N–H and O–H groups in total. The van der Waals surface area contributed by atoms with Gasteiger partial charge in [-0.05, 0) is 6.92 Å². The molecule has 0 aliphatic rings. The van der Waals surface area contributed by atoms with Crippen molar-refractivity contribution in [3.05, 3.63) is 11.7 Å². The smallest absolute Gasteiger partial charge is 0.229 e. The van der Waals surface area contributed by atoms with E-state index in [9.17, 15) is 0 Å². The van der Waals surface area contributed by atoms with Gasteiger partial charge in [0.05, 0.1) is 18.4 Å². The molecule has 0 aliphatic heterocycles. The normalized spacial score (nSPS) is 13.2. The predicted molar refractivity (Wildman–Crippen MR) is 44.1 cm³/mol. The number of hydrogen-bond donors (Lipinski definition) is 0. The topological polar surface area (TPSA) is 48.2 Å². The van der Waals surface area contributed by atoms with Gasteiger partial charge >= 0.3 is 0 Å². The number of methoxy groups -OCH3 is 1. The Labute approximate surface area is 75.9 Å². The molecular weight excluding hydrogens is 180 g/mol. The molecule has 4 nitrogen and oxygen atoms in total. The van der Waals surface area contributed by atoms with Crippen LogP contribution >= 0.6 is 11.6 Å². The molecule has 0 fully saturated rings. The van der Waals surface area contributed by atoms with E-state index in [2.05, 4.69) is 10.1 Å². The summed E-state index contributed by atoms with van der Waals surface area (Å²) in [5, 5.41) is 3.49. The molecule has 1 rings (SSSR count). The van der Waals surface area contributed by atoms with Gasteiger partial charge in [-0.2, -0.15) is 4.98 Å². The van der Waals surface area contributed by atoms with E-state index in [1.54, 1.807) is 14.0 Å². The van der Waals surface area contributed by atoms with Gasteiger partial charge in [-0.1, -0.05) is 5.16 Å². The Morgan fingerprint density at radius 3 is 2.92 bits per heavy atom. The molecule has 68 valence electrons. The van der Waals surface area contributed by atoms with Crippen molar-refractivity contribution in [3.63, 3.8) is 0 Å². The zero-order valence-corrected chi connectivity index (χ0v) is 7.84. The first-order valence-electron chi connectivity index (χ1n) is 3.69. The monoisotopic (exact) mass is 190 g/mol. The standard InChI is InChI=1S/C7H11ClN2O2/c1-5(8)7-9-6(12-10-7)3-4-11-2/h5H,3-4H2,1-2H3. The Hall–Kier alpha value is -0.610. The van der Waals surface area contributed by atoms with Crippen LogP contribution in [-0.2, 0) is 11.2 Å². The summed E-state index contributed by atoms with van der Waals surface area (Å²) in [6, 6.07) is 0. The van der Waals surface area contributed by atoms with E-state index in [4.69, 9.17) is 20.9 Å². The summed E-state index contributed by atoms with van der Waals surface area (Å²) < 4.78 is 9.76. The number of aromatic nitrogens is 2. The largest absolute Gasteiger partial charge is 0.384 e. The SMILES string of the molecule is COCCc1nc(C(C)Cl)no1. The number of halogens is 1. The van der Waals surface area contributed by atoms with Crippen LogP contribution in [0.4, 0.5) is 0 Å². The average molecular weight is 191 g/mol. The predicted octanol–water partition coefficient (Wildman–Crippen LogP) is 1.56. The van der Waals surface area contributed by atoms with E-state index in [0.717, 1.165) is 0 Å². The van der Waals surface area contributed by atoms with Crippen LogP contribution in [0.5, 0.6) is 0 Å². The van der Waals surface area contributed by atoms with Gasteiger partial charge in [0.25, 0.3) is 0 Å². The summed E-state index contributed by atoms with van der Waals surface area (Å²) in [5.41, 5.74) is 0. The molecule has 1 atom stereocenters. The van der Waals surface area contributed by atoms with Crippen molar-refractivity contribution in [2.24, 2.45) is 0 Å². The Morgan fingerprint density at radius 2 is 2.42 bits per heavy atom. The number of hydrogen-bond acceptors (Lipinski definition) is 4. The maximum atomic E-state index is 5.73. The van der Waals surface area contributed by atoms with E-state index in [-0.39, 0.29) is 5.38 Å². The number of rotatable bonds is 4. The van der Waals surface area contributed by atoms with Crippen molar-refractivity contribution < 1.29 is 9.26 Å². The second kappa shape index (κ2) is 4.42. The maximum absolute atomic E-state index is 5.73. The van der Waals surface area contributed by atoms with Gasteiger partial charge in [-0.25, -0.2) is 0 Å². The molecule has 0 aromatic carbocycles. The van der Waals surface area contributed by atoms with Crippen LogP contribution in [0.25, 0.3) is 0 Å². The molecule has 0 aliphatic carbocycles. The van der Waals surface area contributed by atoms with Crippen LogP contribution in [-0.4, -0.2) is 23.9 Å². The molecule has 0 bridgehead atoms. The lowest BCUT2D eigenvalue weighted by molar-refractivity contribution is 0.192. The summed E-state index contributed by atoms with van der Waals surface area (Å²) in [4.78, 5) is 4.06. The van der Waals surface area contributed by atoms with Gasteiger partial charge in [0.15, 0.2) is 5.82 Å². The summed E-state index contributed by atoms with van der Waals surface area (Å²) in [7, 11) is 1.63. The van der Waals surface area contributed by atoms with E-state index >= 15 is 0 Å². The molecular formula is C7H11ClN2O2. The molecule has 12 heavy (non-hydrogen) atoms. The lowest BCUT2D eigenvalue weighted by atomic mass is 10.4. The molecule has 0 spiro atoms. The van der Waals surface area contributed by atoms with Crippen LogP contribution in [0, 0.1) is 0 Å². The minimum absolute atomic E-state index is 0.204. The minimum atomic E-state index is -0.204.